The van der Waals surface area contributed by atoms with E-state index in [0.29, 0.717) is 0 Å². The summed E-state index contributed by atoms with van der Waals surface area (Å²) in [6.45, 7) is 0. The molecule has 0 bridgehead atoms. The van der Waals surface area contributed by atoms with Gasteiger partial charge in [0.25, 0.3) is 5.60 Å². The average Bonchev–Trinajstić information content (AvgIpc) is 2.72. The third-order valence-electron chi connectivity index (χ3n) is 4.37. The van der Waals surface area contributed by atoms with Crippen LogP contribution in [-0.2, 0) is 15.4 Å². The molecule has 164 valence electrons. The molecule has 2 aromatic carbocycles. The molecule has 0 radical (unpaired) electrons. The molecule has 12 heteroatoms. The molecule has 0 atom stereocenters. The normalized spacial score (nSPS) is 13.3. The maximum atomic E-state index is 12.9. The van der Waals surface area contributed by atoms with Gasteiger partial charge in [-0.15, -0.1) is 0 Å². The molecule has 3 aromatic rings. The second-order valence-corrected chi connectivity index (χ2v) is 8.29. The number of aromatic nitrogens is 2. The first-order valence-electron chi connectivity index (χ1n) is 8.37. The zero-order chi connectivity index (χ0) is 23.1. The van der Waals surface area contributed by atoms with Crippen LogP contribution in [0.2, 0.25) is 0 Å². The monoisotopic (exact) mass is 462 g/mol. The number of benzene rings is 2. The van der Waals surface area contributed by atoms with Crippen LogP contribution in [0.4, 0.5) is 26.3 Å². The maximum absolute atomic E-state index is 12.9. The van der Waals surface area contributed by atoms with Crippen molar-refractivity contribution < 1.29 is 39.9 Å². The third-order valence-corrected chi connectivity index (χ3v) is 6.15. The lowest BCUT2D eigenvalue weighted by Crippen LogP contribution is -2.54. The van der Waals surface area contributed by atoms with Gasteiger partial charge in [-0.2, -0.15) is 26.3 Å². The minimum atomic E-state index is -6.05. The standard InChI is InChI=1S/C19H12F6N2O3S/c20-18(21,22)17(28,19(23,24)25)13-10-26-16(27-11-13)12-6-8-15(9-7-12)31(29,30)14-4-2-1-3-5-14/h1-11,28H. The number of sulfone groups is 1. The largest absolute Gasteiger partial charge is 0.430 e. The summed E-state index contributed by atoms with van der Waals surface area (Å²) < 4.78 is 103. The van der Waals surface area contributed by atoms with E-state index in [0.717, 1.165) is 0 Å². The van der Waals surface area contributed by atoms with Crippen molar-refractivity contribution in [1.82, 2.24) is 9.97 Å². The summed E-state index contributed by atoms with van der Waals surface area (Å²) in [7, 11) is -3.82. The number of halogens is 6. The number of hydrogen-bond donors (Lipinski definition) is 1. The molecular weight excluding hydrogens is 450 g/mol. The van der Waals surface area contributed by atoms with Crippen molar-refractivity contribution in [2.75, 3.05) is 0 Å². The Morgan fingerprint density at radius 1 is 0.710 bits per heavy atom. The summed E-state index contributed by atoms with van der Waals surface area (Å²) >= 11 is 0. The van der Waals surface area contributed by atoms with Crippen molar-refractivity contribution in [2.24, 2.45) is 0 Å². The third kappa shape index (κ3) is 4.00. The molecule has 0 aliphatic rings. The van der Waals surface area contributed by atoms with Gasteiger partial charge in [0.2, 0.25) is 9.84 Å². The molecule has 0 amide bonds. The Balaban J connectivity index is 1.94. The molecular formula is C19H12F6N2O3S. The molecule has 0 fully saturated rings. The van der Waals surface area contributed by atoms with Gasteiger partial charge in [0.05, 0.1) is 9.79 Å². The predicted octanol–water partition coefficient (Wildman–Crippen LogP) is 4.29. The van der Waals surface area contributed by atoms with Gasteiger partial charge in [0.1, 0.15) is 0 Å². The maximum Gasteiger partial charge on any atom is 0.430 e. The predicted molar refractivity (Wildman–Crippen MR) is 95.4 cm³/mol. The Labute approximate surface area is 171 Å². The molecule has 1 aromatic heterocycles. The van der Waals surface area contributed by atoms with Crippen LogP contribution in [-0.4, -0.2) is 35.8 Å². The summed E-state index contributed by atoms with van der Waals surface area (Å²) in [5.74, 6) is -0.265. The van der Waals surface area contributed by atoms with Crippen LogP contribution in [0.1, 0.15) is 5.56 Å². The van der Waals surface area contributed by atoms with Gasteiger partial charge < -0.3 is 5.11 Å². The second-order valence-electron chi connectivity index (χ2n) is 6.34. The van der Waals surface area contributed by atoms with Crippen LogP contribution in [0.15, 0.2) is 76.8 Å². The van der Waals surface area contributed by atoms with Gasteiger partial charge in [0, 0.05) is 23.5 Å². The molecule has 0 unspecified atom stereocenters. The fraction of sp³-hybridized carbons (Fsp3) is 0.158. The van der Waals surface area contributed by atoms with Gasteiger partial charge >= 0.3 is 12.4 Å². The topological polar surface area (TPSA) is 80.2 Å². The van der Waals surface area contributed by atoms with Crippen molar-refractivity contribution in [2.45, 2.75) is 27.7 Å². The average molecular weight is 462 g/mol. The van der Waals surface area contributed by atoms with E-state index in [1.165, 1.54) is 36.4 Å². The van der Waals surface area contributed by atoms with Gasteiger partial charge in [-0.1, -0.05) is 18.2 Å². The highest BCUT2D eigenvalue weighted by atomic mass is 32.2. The Hall–Kier alpha value is -2.99. The van der Waals surface area contributed by atoms with Crippen molar-refractivity contribution in [3.05, 3.63) is 72.6 Å². The van der Waals surface area contributed by atoms with Crippen molar-refractivity contribution in [3.63, 3.8) is 0 Å². The van der Waals surface area contributed by atoms with E-state index in [1.807, 2.05) is 0 Å². The molecule has 0 aliphatic heterocycles. The molecule has 5 nitrogen and oxygen atoms in total. The van der Waals surface area contributed by atoms with E-state index < -0.39 is 33.4 Å². The summed E-state index contributed by atoms with van der Waals surface area (Å²) in [6.07, 6.45) is -11.7. The summed E-state index contributed by atoms with van der Waals surface area (Å²) in [4.78, 5) is 6.91. The van der Waals surface area contributed by atoms with Crippen LogP contribution in [0.3, 0.4) is 0 Å². The van der Waals surface area contributed by atoms with Crippen LogP contribution < -0.4 is 0 Å². The highest BCUT2D eigenvalue weighted by Crippen LogP contribution is 2.49. The molecule has 0 aliphatic carbocycles. The van der Waals surface area contributed by atoms with Gasteiger partial charge in [-0.3, -0.25) is 0 Å². The number of rotatable bonds is 4. The number of hydrogen-bond acceptors (Lipinski definition) is 5. The minimum absolute atomic E-state index is 0.0435. The lowest BCUT2D eigenvalue weighted by atomic mass is 9.95. The molecule has 0 saturated heterocycles. The Kier molecular flexibility index (Phi) is 5.57. The van der Waals surface area contributed by atoms with E-state index in [-0.39, 0.29) is 33.6 Å². The fourth-order valence-electron chi connectivity index (χ4n) is 2.67. The molecule has 3 rings (SSSR count). The van der Waals surface area contributed by atoms with Gasteiger partial charge in [-0.05, 0) is 36.4 Å². The number of alkyl halides is 6. The van der Waals surface area contributed by atoms with Gasteiger partial charge in [0.15, 0.2) is 5.82 Å². The van der Waals surface area contributed by atoms with E-state index in [9.17, 15) is 39.9 Å². The molecule has 0 spiro atoms. The zero-order valence-electron chi connectivity index (χ0n) is 15.2. The highest BCUT2D eigenvalue weighted by molar-refractivity contribution is 7.91. The quantitative estimate of drug-likeness (QED) is 0.586. The van der Waals surface area contributed by atoms with E-state index in [2.05, 4.69) is 9.97 Å². The van der Waals surface area contributed by atoms with E-state index >= 15 is 0 Å². The minimum Gasteiger partial charge on any atom is -0.369 e. The Morgan fingerprint density at radius 3 is 1.61 bits per heavy atom. The smallest absolute Gasteiger partial charge is 0.369 e. The molecule has 31 heavy (non-hydrogen) atoms. The Bertz CT molecular complexity index is 1150. The van der Waals surface area contributed by atoms with Crippen LogP contribution in [0.25, 0.3) is 11.4 Å². The molecule has 1 heterocycles. The molecule has 1 N–H and O–H groups in total. The summed E-state index contributed by atoms with van der Waals surface area (Å²) in [6, 6.07) is 12.4. The first kappa shape index (κ1) is 22.7. The Morgan fingerprint density at radius 2 is 1.16 bits per heavy atom. The van der Waals surface area contributed by atoms with Gasteiger partial charge in [-0.25, -0.2) is 18.4 Å². The van der Waals surface area contributed by atoms with E-state index in [1.54, 1.807) is 18.2 Å². The SMILES string of the molecule is O=S(=O)(c1ccccc1)c1ccc(-c2ncc(C(O)(C(F)(F)F)C(F)(F)F)cn2)cc1. The summed E-state index contributed by atoms with van der Waals surface area (Å²) in [5, 5.41) is 9.35. The molecule has 0 saturated carbocycles. The van der Waals surface area contributed by atoms with Crippen molar-refractivity contribution in [3.8, 4) is 11.4 Å². The van der Waals surface area contributed by atoms with Crippen molar-refractivity contribution in [1.29, 1.82) is 0 Å². The first-order valence-corrected chi connectivity index (χ1v) is 9.86. The van der Waals surface area contributed by atoms with Crippen molar-refractivity contribution >= 4 is 9.84 Å². The number of aliphatic hydroxyl groups is 1. The van der Waals surface area contributed by atoms with Crippen LogP contribution in [0.5, 0.6) is 0 Å². The highest BCUT2D eigenvalue weighted by Gasteiger charge is 2.71. The van der Waals surface area contributed by atoms with Crippen LogP contribution in [0, 0.1) is 0 Å². The van der Waals surface area contributed by atoms with E-state index in [4.69, 9.17) is 0 Å². The number of nitrogens with zero attached hydrogens (tertiary/aromatic N) is 2. The second kappa shape index (κ2) is 7.61. The summed E-state index contributed by atoms with van der Waals surface area (Å²) in [5.41, 5.74) is -6.59. The van der Waals surface area contributed by atoms with Crippen LogP contribution >= 0.6 is 0 Å². The fourth-order valence-corrected chi connectivity index (χ4v) is 3.95. The zero-order valence-corrected chi connectivity index (χ0v) is 16.0. The lowest BCUT2D eigenvalue weighted by molar-refractivity contribution is -0.376. The lowest BCUT2D eigenvalue weighted by Gasteiger charge is -2.32. The first-order chi connectivity index (χ1) is 14.3.